The van der Waals surface area contributed by atoms with Crippen molar-refractivity contribution in [1.82, 2.24) is 10.2 Å². The number of nitrogens with zero attached hydrogens (tertiary/aromatic N) is 2. The van der Waals surface area contributed by atoms with Gasteiger partial charge in [0.15, 0.2) is 0 Å². The third-order valence-electron chi connectivity index (χ3n) is 1.72. The predicted octanol–water partition coefficient (Wildman–Crippen LogP) is 3.12. The highest BCUT2D eigenvalue weighted by Gasteiger charge is 2.16. The van der Waals surface area contributed by atoms with E-state index in [2.05, 4.69) is 10.2 Å². The number of hydrogen-bond donors (Lipinski definition) is 1. The van der Waals surface area contributed by atoms with Crippen LogP contribution < -0.4 is 5.73 Å². The van der Waals surface area contributed by atoms with Crippen LogP contribution >= 0.6 is 34.5 Å². The molecule has 1 atom stereocenters. The molecule has 0 amide bonds. The van der Waals surface area contributed by atoms with Crippen molar-refractivity contribution >= 4 is 34.5 Å². The lowest BCUT2D eigenvalue weighted by Gasteiger charge is -1.94. The normalized spacial score (nSPS) is 13.1. The van der Waals surface area contributed by atoms with Crippen LogP contribution in [0.3, 0.4) is 0 Å². The highest BCUT2D eigenvalue weighted by atomic mass is 35.5. The maximum absolute atomic E-state index is 5.94. The number of thiophene rings is 1. The lowest BCUT2D eigenvalue weighted by molar-refractivity contribution is 0.473. The zero-order valence-corrected chi connectivity index (χ0v) is 10.0. The molecule has 0 saturated heterocycles. The van der Waals surface area contributed by atoms with E-state index in [-0.39, 0.29) is 6.04 Å². The standard InChI is InChI=1S/C8H7Cl2N3OS/c1-3(11)7-12-13-8(14-7)4-2-5(9)15-6(4)10/h2-3H,11H2,1H3. The molecule has 4 nitrogen and oxygen atoms in total. The summed E-state index contributed by atoms with van der Waals surface area (Å²) in [4.78, 5) is 0. The van der Waals surface area contributed by atoms with Crippen molar-refractivity contribution in [3.63, 3.8) is 0 Å². The summed E-state index contributed by atoms with van der Waals surface area (Å²) in [6, 6.07) is 1.40. The van der Waals surface area contributed by atoms with E-state index in [1.54, 1.807) is 13.0 Å². The van der Waals surface area contributed by atoms with Crippen LogP contribution in [0, 0.1) is 0 Å². The van der Waals surface area contributed by atoms with Crippen molar-refractivity contribution in [1.29, 1.82) is 0 Å². The van der Waals surface area contributed by atoms with Crippen LogP contribution in [-0.2, 0) is 0 Å². The Morgan fingerprint density at radius 1 is 1.47 bits per heavy atom. The van der Waals surface area contributed by atoms with Gasteiger partial charge in [0.05, 0.1) is 15.9 Å². The van der Waals surface area contributed by atoms with Gasteiger partial charge in [-0.1, -0.05) is 23.2 Å². The molecule has 0 radical (unpaired) electrons. The molecule has 0 fully saturated rings. The molecule has 2 N–H and O–H groups in total. The second-order valence-corrected chi connectivity index (χ2v) is 5.26. The quantitative estimate of drug-likeness (QED) is 0.904. The fourth-order valence-corrected chi connectivity index (χ4v) is 2.46. The Bertz CT molecular complexity index is 480. The molecule has 0 aliphatic heterocycles. The van der Waals surface area contributed by atoms with Gasteiger partial charge in [0.25, 0.3) is 0 Å². The topological polar surface area (TPSA) is 64.9 Å². The van der Waals surface area contributed by atoms with Gasteiger partial charge in [-0.15, -0.1) is 21.5 Å². The van der Waals surface area contributed by atoms with Gasteiger partial charge < -0.3 is 10.2 Å². The Hall–Kier alpha value is -0.620. The van der Waals surface area contributed by atoms with Crippen molar-refractivity contribution in [2.24, 2.45) is 5.73 Å². The monoisotopic (exact) mass is 263 g/mol. The van der Waals surface area contributed by atoms with Crippen LogP contribution in [0.1, 0.15) is 18.9 Å². The minimum atomic E-state index is -0.292. The molecule has 2 rings (SSSR count). The lowest BCUT2D eigenvalue weighted by atomic mass is 10.3. The van der Waals surface area contributed by atoms with E-state index >= 15 is 0 Å². The molecule has 0 aromatic carbocycles. The molecule has 0 saturated carbocycles. The molecule has 0 aliphatic rings. The van der Waals surface area contributed by atoms with Crippen LogP contribution in [0.4, 0.5) is 0 Å². The molecule has 15 heavy (non-hydrogen) atoms. The van der Waals surface area contributed by atoms with Crippen molar-refractivity contribution < 1.29 is 4.42 Å². The Balaban J connectivity index is 2.41. The van der Waals surface area contributed by atoms with Crippen LogP contribution in [0.2, 0.25) is 8.67 Å². The average molecular weight is 264 g/mol. The first-order valence-electron chi connectivity index (χ1n) is 4.12. The van der Waals surface area contributed by atoms with E-state index in [9.17, 15) is 0 Å². The van der Waals surface area contributed by atoms with E-state index in [1.165, 1.54) is 11.3 Å². The minimum Gasteiger partial charge on any atom is -0.419 e. The number of halogens is 2. The first-order valence-corrected chi connectivity index (χ1v) is 5.69. The third-order valence-corrected chi connectivity index (χ3v) is 3.20. The summed E-state index contributed by atoms with van der Waals surface area (Å²) < 4.78 is 6.45. The number of aromatic nitrogens is 2. The van der Waals surface area contributed by atoms with E-state index in [1.807, 2.05) is 0 Å². The molecule has 1 unspecified atom stereocenters. The van der Waals surface area contributed by atoms with Crippen LogP contribution in [0.25, 0.3) is 11.5 Å². The molecular formula is C8H7Cl2N3OS. The Morgan fingerprint density at radius 3 is 2.67 bits per heavy atom. The zero-order valence-electron chi connectivity index (χ0n) is 7.70. The SMILES string of the molecule is CC(N)c1nnc(-c2cc(Cl)sc2Cl)o1. The average Bonchev–Trinajstić information content (AvgIpc) is 2.71. The van der Waals surface area contributed by atoms with E-state index < -0.39 is 0 Å². The highest BCUT2D eigenvalue weighted by Crippen LogP contribution is 2.37. The van der Waals surface area contributed by atoms with Gasteiger partial charge in [-0.2, -0.15) is 0 Å². The summed E-state index contributed by atoms with van der Waals surface area (Å²) in [6.07, 6.45) is 0. The Morgan fingerprint density at radius 2 is 2.20 bits per heavy atom. The van der Waals surface area contributed by atoms with Crippen LogP contribution in [0.5, 0.6) is 0 Å². The van der Waals surface area contributed by atoms with E-state index in [0.717, 1.165) is 0 Å². The van der Waals surface area contributed by atoms with Crippen LogP contribution in [0.15, 0.2) is 10.5 Å². The zero-order chi connectivity index (χ0) is 11.0. The summed E-state index contributed by atoms with van der Waals surface area (Å²) in [7, 11) is 0. The van der Waals surface area contributed by atoms with Gasteiger partial charge in [0.2, 0.25) is 11.8 Å². The van der Waals surface area contributed by atoms with E-state index in [0.29, 0.717) is 26.0 Å². The molecule has 2 aromatic heterocycles. The summed E-state index contributed by atoms with van der Waals surface area (Å²) in [5.41, 5.74) is 6.24. The Labute approximate surface area is 100 Å². The van der Waals surface area contributed by atoms with E-state index in [4.69, 9.17) is 33.4 Å². The second kappa shape index (κ2) is 4.09. The summed E-state index contributed by atoms with van der Waals surface area (Å²) >= 11 is 13.0. The third kappa shape index (κ3) is 2.15. The summed E-state index contributed by atoms with van der Waals surface area (Å²) in [5.74, 6) is 0.721. The molecule has 80 valence electrons. The maximum atomic E-state index is 5.94. The van der Waals surface area contributed by atoms with Crippen molar-refractivity contribution in [3.8, 4) is 11.5 Å². The van der Waals surface area contributed by atoms with Crippen molar-refractivity contribution in [3.05, 3.63) is 20.6 Å². The van der Waals surface area contributed by atoms with Crippen LogP contribution in [-0.4, -0.2) is 10.2 Å². The fraction of sp³-hybridized carbons (Fsp3) is 0.250. The van der Waals surface area contributed by atoms with Gasteiger partial charge in [-0.3, -0.25) is 0 Å². The van der Waals surface area contributed by atoms with Gasteiger partial charge in [-0.25, -0.2) is 0 Å². The molecule has 2 heterocycles. The molecule has 0 spiro atoms. The van der Waals surface area contributed by atoms with Gasteiger partial charge in [0.1, 0.15) is 4.34 Å². The first kappa shape index (κ1) is 10.9. The number of hydrogen-bond acceptors (Lipinski definition) is 5. The molecule has 7 heteroatoms. The van der Waals surface area contributed by atoms with Crippen molar-refractivity contribution in [2.75, 3.05) is 0 Å². The largest absolute Gasteiger partial charge is 0.419 e. The molecular weight excluding hydrogens is 257 g/mol. The van der Waals surface area contributed by atoms with Gasteiger partial charge in [-0.05, 0) is 13.0 Å². The highest BCUT2D eigenvalue weighted by molar-refractivity contribution is 7.20. The summed E-state index contributed by atoms with van der Waals surface area (Å²) in [5, 5.41) is 7.65. The lowest BCUT2D eigenvalue weighted by Crippen LogP contribution is -2.04. The smallest absolute Gasteiger partial charge is 0.250 e. The minimum absolute atomic E-state index is 0.292. The molecule has 0 bridgehead atoms. The Kier molecular flexibility index (Phi) is 2.97. The maximum Gasteiger partial charge on any atom is 0.250 e. The predicted molar refractivity (Wildman–Crippen MR) is 60.2 cm³/mol. The molecule has 2 aromatic rings. The second-order valence-electron chi connectivity index (χ2n) is 2.97. The van der Waals surface area contributed by atoms with Crippen molar-refractivity contribution in [2.45, 2.75) is 13.0 Å². The van der Waals surface area contributed by atoms with Gasteiger partial charge >= 0.3 is 0 Å². The number of rotatable bonds is 2. The molecule has 0 aliphatic carbocycles. The summed E-state index contributed by atoms with van der Waals surface area (Å²) in [6.45, 7) is 1.76. The van der Waals surface area contributed by atoms with Gasteiger partial charge in [0, 0.05) is 0 Å². The number of nitrogens with two attached hydrogens (primary N) is 1. The fourth-order valence-electron chi connectivity index (χ4n) is 1.01. The first-order chi connectivity index (χ1) is 7.08.